The number of hydrogen-bond donors (Lipinski definition) is 5. The van der Waals surface area contributed by atoms with Crippen molar-refractivity contribution in [2.45, 2.75) is 93.4 Å². The highest BCUT2D eigenvalue weighted by Crippen LogP contribution is 2.54. The molecule has 0 aromatic heterocycles. The fourth-order valence-electron chi connectivity index (χ4n) is 7.56. The standard InChI is InChI=1S/C36H39Cl3N2O10S3/c1-14(11-35(4,5)6)17-9-19-22(23-24(34(43)44)25(37)27(39)31(26(23)38)52-13-21(40)42)20-10-18-15(2)12-36(7,8)41-28(18)33(54(48,49)50)30(20)51-29(19)32(16(17)3)53(45,46)47/h9-10,14-15,41H,3,11-13H2,1-2,4-8H3,(H2,40,42)(H,43,44)(H,45,46,47)(H,48,49,50). The van der Waals surface area contributed by atoms with Crippen molar-refractivity contribution in [3.63, 3.8) is 0 Å². The number of carbonyl (C=O) groups excluding carboxylic acids is 1. The number of halogens is 3. The van der Waals surface area contributed by atoms with E-state index in [0.717, 1.165) is 11.8 Å². The first-order valence-electron chi connectivity index (χ1n) is 16.4. The predicted octanol–water partition coefficient (Wildman–Crippen LogP) is 7.42. The molecule has 2 heterocycles. The molecule has 0 saturated carbocycles. The molecule has 0 spiro atoms. The topological polar surface area (TPSA) is 210 Å². The maximum Gasteiger partial charge on any atom is 0.337 e. The summed E-state index contributed by atoms with van der Waals surface area (Å²) in [6.07, 6.45) is 0.984. The number of aromatic carboxylic acids is 1. The third-order valence-electron chi connectivity index (χ3n) is 9.26. The van der Waals surface area contributed by atoms with E-state index in [9.17, 15) is 40.6 Å². The summed E-state index contributed by atoms with van der Waals surface area (Å²) in [5.41, 5.74) is 3.84. The number of carboxylic acids is 1. The summed E-state index contributed by atoms with van der Waals surface area (Å²) in [6.45, 7) is 17.2. The molecule has 2 unspecified atom stereocenters. The van der Waals surface area contributed by atoms with Gasteiger partial charge in [0, 0.05) is 32.4 Å². The smallest absolute Gasteiger partial charge is 0.337 e. The van der Waals surface area contributed by atoms with Crippen LogP contribution in [0.25, 0.3) is 12.2 Å². The number of benzene rings is 3. The number of fused-ring (bicyclic) bond motifs is 3. The van der Waals surface area contributed by atoms with Crippen LogP contribution >= 0.6 is 46.6 Å². The molecule has 54 heavy (non-hydrogen) atoms. The molecule has 0 bridgehead atoms. The molecule has 2 aliphatic heterocycles. The molecule has 0 aliphatic carbocycles. The van der Waals surface area contributed by atoms with E-state index in [4.69, 9.17) is 45.3 Å². The molecule has 2 aliphatic rings. The molecule has 1 amide bonds. The number of rotatable bonds is 9. The summed E-state index contributed by atoms with van der Waals surface area (Å²) in [4.78, 5) is 23.4. The molecule has 3 aromatic rings. The highest BCUT2D eigenvalue weighted by Gasteiger charge is 2.42. The summed E-state index contributed by atoms with van der Waals surface area (Å²) >= 11 is 21.1. The highest BCUT2D eigenvalue weighted by molar-refractivity contribution is 8.00. The summed E-state index contributed by atoms with van der Waals surface area (Å²) < 4.78 is 81.6. The molecular weight excluding hydrogens is 823 g/mol. The first-order valence-corrected chi connectivity index (χ1v) is 21.4. The van der Waals surface area contributed by atoms with Gasteiger partial charge in [-0.05, 0) is 72.4 Å². The predicted molar refractivity (Wildman–Crippen MR) is 211 cm³/mol. The van der Waals surface area contributed by atoms with Crippen molar-refractivity contribution in [1.82, 2.24) is 0 Å². The van der Waals surface area contributed by atoms with Crippen LogP contribution in [0.4, 0.5) is 5.69 Å². The number of carbonyl (C=O) groups is 2. The Morgan fingerprint density at radius 2 is 1.65 bits per heavy atom. The molecule has 18 heteroatoms. The highest BCUT2D eigenvalue weighted by atomic mass is 35.5. The number of primary amides is 1. The van der Waals surface area contributed by atoms with Crippen LogP contribution in [0.3, 0.4) is 0 Å². The fourth-order valence-corrected chi connectivity index (χ4v) is 11.1. The minimum atomic E-state index is -5.23. The number of anilines is 1. The van der Waals surface area contributed by atoms with E-state index in [1.54, 1.807) is 6.07 Å². The maximum absolute atomic E-state index is 13.5. The van der Waals surface area contributed by atoms with Crippen molar-refractivity contribution in [2.24, 2.45) is 11.1 Å². The Morgan fingerprint density at radius 1 is 1.06 bits per heavy atom. The van der Waals surface area contributed by atoms with Crippen molar-refractivity contribution in [3.05, 3.63) is 65.5 Å². The van der Waals surface area contributed by atoms with Gasteiger partial charge < -0.3 is 20.9 Å². The summed E-state index contributed by atoms with van der Waals surface area (Å²) in [5.74, 6) is -4.74. The average Bonchev–Trinajstić information content (AvgIpc) is 2.97. The zero-order chi connectivity index (χ0) is 40.8. The molecule has 0 radical (unpaired) electrons. The van der Waals surface area contributed by atoms with E-state index in [0.29, 0.717) is 24.0 Å². The van der Waals surface area contributed by atoms with Gasteiger partial charge in [-0.3, -0.25) is 13.9 Å². The largest absolute Gasteiger partial charge is 0.478 e. The number of ether oxygens (including phenoxy) is 1. The van der Waals surface area contributed by atoms with E-state index in [1.807, 2.05) is 48.5 Å². The quantitative estimate of drug-likeness (QED) is 0.0633. The van der Waals surface area contributed by atoms with E-state index in [-0.39, 0.29) is 64.9 Å². The fraction of sp³-hybridized carbons (Fsp3) is 0.389. The third kappa shape index (κ3) is 7.70. The van der Waals surface area contributed by atoms with E-state index in [2.05, 4.69) is 11.9 Å². The molecule has 5 rings (SSSR count). The van der Waals surface area contributed by atoms with E-state index in [1.165, 1.54) is 6.07 Å². The van der Waals surface area contributed by atoms with Crippen LogP contribution in [0.1, 0.15) is 106 Å². The Labute approximate surface area is 332 Å². The molecule has 6 N–H and O–H groups in total. The van der Waals surface area contributed by atoms with Gasteiger partial charge in [-0.2, -0.15) is 16.8 Å². The lowest BCUT2D eigenvalue weighted by Gasteiger charge is -2.39. The monoisotopic (exact) mass is 860 g/mol. The minimum absolute atomic E-state index is 0.0298. The Kier molecular flexibility index (Phi) is 11.1. The Hall–Kier alpha value is -3.02. The molecule has 0 saturated heterocycles. The number of hydrogen-bond acceptors (Lipinski definition) is 9. The van der Waals surface area contributed by atoms with Gasteiger partial charge in [-0.15, -0.1) is 11.8 Å². The maximum atomic E-state index is 13.5. The number of thioether (sulfide) groups is 1. The van der Waals surface area contributed by atoms with Crippen molar-refractivity contribution in [3.8, 4) is 11.5 Å². The lowest BCUT2D eigenvalue weighted by Crippen LogP contribution is -2.38. The second-order valence-electron chi connectivity index (χ2n) is 15.5. The SMILES string of the molecule is C=c1c(C(C)CC(C)(C)C)cc2c(c1S(=O)(=O)O)Oc1c(cc3c(c1S(=O)(=O)O)NC(C)(C)CC3C)C=2c1c(Cl)c(SCC(N)=O)c(Cl)c(Cl)c1C(=O)O. The summed E-state index contributed by atoms with van der Waals surface area (Å²) in [7, 11) is -10.5. The summed E-state index contributed by atoms with van der Waals surface area (Å²) in [5, 5.41) is 12.4. The lowest BCUT2D eigenvalue weighted by atomic mass is 9.79. The number of nitrogens with two attached hydrogens (primary N) is 1. The lowest BCUT2D eigenvalue weighted by molar-refractivity contribution is -0.115. The average molecular weight is 862 g/mol. The third-order valence-corrected chi connectivity index (χ3v) is 13.7. The normalized spacial score (nSPS) is 17.1. The molecule has 12 nitrogen and oxygen atoms in total. The van der Waals surface area contributed by atoms with Gasteiger partial charge in [0.05, 0.1) is 32.1 Å². The van der Waals surface area contributed by atoms with Gasteiger partial charge >= 0.3 is 5.97 Å². The van der Waals surface area contributed by atoms with Gasteiger partial charge in [0.25, 0.3) is 20.2 Å². The second-order valence-corrected chi connectivity index (χ2v) is 20.3. The Bertz CT molecular complexity index is 2520. The van der Waals surface area contributed by atoms with Crippen LogP contribution in [0.5, 0.6) is 11.5 Å². The Morgan fingerprint density at radius 3 is 2.17 bits per heavy atom. The number of amides is 1. The molecule has 3 aromatic carbocycles. The van der Waals surface area contributed by atoms with Gasteiger partial charge in [-0.25, -0.2) is 4.79 Å². The number of nitrogens with one attached hydrogen (secondary N) is 1. The molecular formula is C36H39Cl3N2O10S3. The van der Waals surface area contributed by atoms with Gasteiger partial charge in [0.2, 0.25) is 5.91 Å². The van der Waals surface area contributed by atoms with Crippen molar-refractivity contribution < 1.29 is 45.4 Å². The van der Waals surface area contributed by atoms with Crippen molar-refractivity contribution in [1.29, 1.82) is 0 Å². The van der Waals surface area contributed by atoms with E-state index < -0.39 is 75.4 Å². The molecule has 292 valence electrons. The Balaban J connectivity index is 2.18. The number of carboxylic acid groups (broad SMARTS) is 1. The van der Waals surface area contributed by atoms with Crippen LogP contribution in [0, 0.1) is 5.41 Å². The molecule has 2 atom stereocenters. The van der Waals surface area contributed by atoms with Crippen LogP contribution in [-0.2, 0) is 25.0 Å². The molecule has 0 fully saturated rings. The zero-order valence-corrected chi connectivity index (χ0v) is 35.0. The van der Waals surface area contributed by atoms with Crippen LogP contribution in [0.2, 0.25) is 15.1 Å². The summed E-state index contributed by atoms with van der Waals surface area (Å²) in [6, 6.07) is 3.08. The van der Waals surface area contributed by atoms with Gasteiger partial charge in [0.15, 0.2) is 16.4 Å². The van der Waals surface area contributed by atoms with Crippen LogP contribution in [0.15, 0.2) is 26.8 Å². The van der Waals surface area contributed by atoms with Crippen LogP contribution in [-0.4, -0.2) is 54.2 Å². The van der Waals surface area contributed by atoms with Gasteiger partial charge in [-0.1, -0.05) is 76.0 Å². The first kappa shape index (κ1) is 42.1. The van der Waals surface area contributed by atoms with Crippen molar-refractivity contribution in [2.75, 3.05) is 11.1 Å². The minimum Gasteiger partial charge on any atom is -0.478 e. The van der Waals surface area contributed by atoms with Gasteiger partial charge in [0.1, 0.15) is 4.90 Å². The van der Waals surface area contributed by atoms with E-state index >= 15 is 0 Å². The van der Waals surface area contributed by atoms with Crippen LogP contribution < -0.4 is 26.2 Å². The van der Waals surface area contributed by atoms with Crippen molar-refractivity contribution >= 4 is 96.5 Å². The second kappa shape index (κ2) is 14.2. The zero-order valence-electron chi connectivity index (χ0n) is 30.3. The first-order chi connectivity index (χ1) is 24.6.